The van der Waals surface area contributed by atoms with E-state index in [0.29, 0.717) is 0 Å². The van der Waals surface area contributed by atoms with Crippen LogP contribution in [0.25, 0.3) is 66.1 Å². The molecule has 0 saturated heterocycles. The summed E-state index contributed by atoms with van der Waals surface area (Å²) in [5.74, 6) is 1.87. The first-order valence-electron chi connectivity index (χ1n) is 12.5. The number of imidazole rings is 1. The van der Waals surface area contributed by atoms with Crippen LogP contribution >= 0.6 is 0 Å². The normalized spacial score (nSPS) is 11.9. The zero-order valence-corrected chi connectivity index (χ0v) is 20.3. The molecule has 0 aliphatic carbocycles. The minimum absolute atomic E-state index is 0.906. The topological polar surface area (TPSA) is 35.1 Å². The first-order valence-corrected chi connectivity index (χ1v) is 12.5. The van der Waals surface area contributed by atoms with E-state index in [4.69, 9.17) is 9.97 Å². The van der Waals surface area contributed by atoms with E-state index in [1.165, 1.54) is 26.9 Å². The maximum atomic E-state index is 5.16. The van der Waals surface area contributed by atoms with Gasteiger partial charge in [0.2, 0.25) is 0 Å². The van der Waals surface area contributed by atoms with Gasteiger partial charge in [0.05, 0.1) is 27.8 Å². The van der Waals surface area contributed by atoms with Crippen LogP contribution in [0.15, 0.2) is 115 Å². The first kappa shape index (κ1) is 20.3. The highest BCUT2D eigenvalue weighted by Gasteiger charge is 2.22. The van der Waals surface area contributed by atoms with Crippen LogP contribution in [0, 0.1) is 6.92 Å². The van der Waals surface area contributed by atoms with Crippen molar-refractivity contribution in [1.29, 1.82) is 0 Å². The van der Waals surface area contributed by atoms with Crippen molar-refractivity contribution < 1.29 is 0 Å². The lowest BCUT2D eigenvalue weighted by molar-refractivity contribution is 1.06. The molecule has 4 aromatic carbocycles. The summed E-state index contributed by atoms with van der Waals surface area (Å²) in [6.45, 7) is 2.11. The Balaban J connectivity index is 1.70. The summed E-state index contributed by atoms with van der Waals surface area (Å²) in [5, 5.41) is 6.05. The molecular formula is C33H22N4. The van der Waals surface area contributed by atoms with Crippen LogP contribution < -0.4 is 0 Å². The minimum atomic E-state index is 0.906. The maximum Gasteiger partial charge on any atom is 0.137 e. The molecule has 0 aliphatic rings. The molecule has 0 N–H and O–H groups in total. The summed E-state index contributed by atoms with van der Waals surface area (Å²) in [4.78, 5) is 9.95. The van der Waals surface area contributed by atoms with Crippen molar-refractivity contribution in [3.8, 4) is 17.1 Å². The third-order valence-corrected chi connectivity index (χ3v) is 7.48. The third-order valence-electron chi connectivity index (χ3n) is 7.48. The molecule has 0 radical (unpaired) electrons. The van der Waals surface area contributed by atoms with Crippen molar-refractivity contribution in [1.82, 2.24) is 18.9 Å². The van der Waals surface area contributed by atoms with Gasteiger partial charge in [0.15, 0.2) is 0 Å². The summed E-state index contributed by atoms with van der Waals surface area (Å²) in [6.07, 6.45) is 1.86. The number of nitrogens with zero attached hydrogens (tertiary/aromatic N) is 4. The summed E-state index contributed by atoms with van der Waals surface area (Å²) in [5.41, 5.74) is 6.71. The molecule has 174 valence electrons. The molecule has 0 fully saturated rings. The highest BCUT2D eigenvalue weighted by molar-refractivity contribution is 6.24. The van der Waals surface area contributed by atoms with Crippen LogP contribution in [-0.2, 0) is 0 Å². The van der Waals surface area contributed by atoms with Crippen LogP contribution in [0.1, 0.15) is 5.82 Å². The molecular weight excluding hydrogens is 452 g/mol. The van der Waals surface area contributed by atoms with Gasteiger partial charge >= 0.3 is 0 Å². The number of para-hydroxylation sites is 1. The molecule has 8 rings (SSSR count). The summed E-state index contributed by atoms with van der Waals surface area (Å²) >= 11 is 0. The van der Waals surface area contributed by atoms with E-state index in [-0.39, 0.29) is 0 Å². The van der Waals surface area contributed by atoms with E-state index in [0.717, 1.165) is 45.0 Å². The number of aryl methyl sites for hydroxylation is 1. The molecule has 4 heteroatoms. The number of aromatic nitrogens is 4. The van der Waals surface area contributed by atoms with Gasteiger partial charge in [0, 0.05) is 33.3 Å². The minimum Gasteiger partial charge on any atom is -0.293 e. The molecule has 0 saturated carbocycles. The predicted octanol–water partition coefficient (Wildman–Crippen LogP) is 8.11. The zero-order valence-electron chi connectivity index (χ0n) is 20.3. The Bertz CT molecular complexity index is 2130. The van der Waals surface area contributed by atoms with Gasteiger partial charge in [0.25, 0.3) is 0 Å². The Morgan fingerprint density at radius 2 is 1.19 bits per heavy atom. The smallest absolute Gasteiger partial charge is 0.137 e. The first-order chi connectivity index (χ1) is 18.3. The Kier molecular flexibility index (Phi) is 4.12. The molecule has 8 aromatic rings. The molecule has 4 nitrogen and oxygen atoms in total. The van der Waals surface area contributed by atoms with Gasteiger partial charge in [-0.15, -0.1) is 0 Å². The molecule has 0 atom stereocenters. The second-order valence-corrected chi connectivity index (χ2v) is 9.50. The lowest BCUT2D eigenvalue weighted by Gasteiger charge is -2.14. The van der Waals surface area contributed by atoms with Gasteiger partial charge in [-0.2, -0.15) is 0 Å². The molecule has 4 heterocycles. The van der Waals surface area contributed by atoms with E-state index in [9.17, 15) is 0 Å². The van der Waals surface area contributed by atoms with Crippen molar-refractivity contribution in [3.05, 3.63) is 121 Å². The lowest BCUT2D eigenvalue weighted by atomic mass is 10.0. The fourth-order valence-electron chi connectivity index (χ4n) is 5.98. The van der Waals surface area contributed by atoms with Gasteiger partial charge < -0.3 is 0 Å². The van der Waals surface area contributed by atoms with Crippen LogP contribution in [0.3, 0.4) is 0 Å². The van der Waals surface area contributed by atoms with Crippen LogP contribution in [-0.4, -0.2) is 18.9 Å². The number of fused-ring (bicyclic) bond motifs is 10. The average molecular weight is 475 g/mol. The average Bonchev–Trinajstić information content (AvgIpc) is 3.49. The van der Waals surface area contributed by atoms with E-state index >= 15 is 0 Å². The van der Waals surface area contributed by atoms with Crippen molar-refractivity contribution in [2.75, 3.05) is 0 Å². The highest BCUT2D eigenvalue weighted by Crippen LogP contribution is 2.41. The van der Waals surface area contributed by atoms with Gasteiger partial charge in [-0.05, 0) is 30.5 Å². The summed E-state index contributed by atoms with van der Waals surface area (Å²) in [7, 11) is 0. The number of rotatable bonds is 2. The molecule has 0 unspecified atom stereocenters. The van der Waals surface area contributed by atoms with Crippen molar-refractivity contribution in [3.63, 3.8) is 0 Å². The second kappa shape index (κ2) is 7.52. The fourth-order valence-corrected chi connectivity index (χ4v) is 5.98. The maximum absolute atomic E-state index is 5.16. The number of benzene rings is 4. The Morgan fingerprint density at radius 3 is 1.97 bits per heavy atom. The molecule has 0 bridgehead atoms. The van der Waals surface area contributed by atoms with Crippen LogP contribution in [0.4, 0.5) is 0 Å². The lowest BCUT2D eigenvalue weighted by Crippen LogP contribution is -2.00. The Labute approximate surface area is 213 Å². The zero-order chi connectivity index (χ0) is 24.5. The van der Waals surface area contributed by atoms with E-state index < -0.39 is 0 Å². The van der Waals surface area contributed by atoms with Crippen LogP contribution in [0.5, 0.6) is 0 Å². The summed E-state index contributed by atoms with van der Waals surface area (Å²) in [6, 6.07) is 38.4. The highest BCUT2D eigenvalue weighted by atomic mass is 15.1. The second-order valence-electron chi connectivity index (χ2n) is 9.50. The largest absolute Gasteiger partial charge is 0.293 e. The Hall–Kier alpha value is -4.96. The Morgan fingerprint density at radius 1 is 0.541 bits per heavy atom. The molecule has 0 aliphatic heterocycles. The number of hydrogen-bond donors (Lipinski definition) is 0. The molecule has 4 aromatic heterocycles. The van der Waals surface area contributed by atoms with E-state index in [1.54, 1.807) is 0 Å². The van der Waals surface area contributed by atoms with Gasteiger partial charge in [-0.25, -0.2) is 9.97 Å². The molecule has 37 heavy (non-hydrogen) atoms. The molecule has 0 spiro atoms. The monoisotopic (exact) mass is 474 g/mol. The molecule has 0 amide bonds. The fraction of sp³-hybridized carbons (Fsp3) is 0.0303. The predicted molar refractivity (Wildman–Crippen MR) is 153 cm³/mol. The van der Waals surface area contributed by atoms with Gasteiger partial charge in [0.1, 0.15) is 11.6 Å². The van der Waals surface area contributed by atoms with Gasteiger partial charge in [-0.1, -0.05) is 91.0 Å². The van der Waals surface area contributed by atoms with Crippen molar-refractivity contribution in [2.45, 2.75) is 6.92 Å². The SMILES string of the molecule is Cc1nc(-c2ccccc2)c2c3ccccc3c3ccc4c5ccccc5n(-c5ccccn5)c4c3n12. The van der Waals surface area contributed by atoms with E-state index in [2.05, 4.69) is 119 Å². The number of pyridine rings is 2. The van der Waals surface area contributed by atoms with Crippen molar-refractivity contribution in [2.24, 2.45) is 0 Å². The van der Waals surface area contributed by atoms with E-state index in [1.807, 2.05) is 12.3 Å². The number of hydrogen-bond acceptors (Lipinski definition) is 2. The standard InChI is InChI=1S/C33H22N4/c1-21-35-30(22-11-3-2-4-12-22)31-25-15-6-5-13-23(25)26-18-19-27-24-14-7-8-16-28(24)37(29-17-9-10-20-34-29)33(27)32(26)36(21)31/h2-20H,1H3. The summed E-state index contributed by atoms with van der Waals surface area (Å²) < 4.78 is 4.67. The van der Waals surface area contributed by atoms with Crippen molar-refractivity contribution >= 4 is 49.0 Å². The van der Waals surface area contributed by atoms with Gasteiger partial charge in [-0.3, -0.25) is 8.97 Å². The van der Waals surface area contributed by atoms with Crippen LogP contribution in [0.2, 0.25) is 0 Å². The third kappa shape index (κ3) is 2.72. The quantitative estimate of drug-likeness (QED) is 0.237.